The molecule has 1 amide bonds. The van der Waals surface area contributed by atoms with Gasteiger partial charge in [-0.2, -0.15) is 33.2 Å². The number of amides is 1. The number of guanidine groups is 2. The van der Waals surface area contributed by atoms with Crippen LogP contribution >= 0.6 is 46.4 Å². The molecule has 0 spiro atoms. The van der Waals surface area contributed by atoms with Crippen molar-refractivity contribution in [3.8, 4) is 0 Å². The number of aromatic amines is 2. The standard InChI is InChI=1S/C27H29Cl2N7O5.C17H14Cl2N2O3.C12H19N5O4.CH4/c1-30-35-27(36-8-7-18(37)14-36)31-13-22(26(40)41-2)33-25(39)24-19(28)9-15(10-20(24)29)3-6-23(38)16-4-5-17-12-32-34-21(17)11-16;18-12-5-9(6-13(19)16(12)17(23)24)1-4-15(22)10-2-3-11-8-20-21-14(11)7-10;1-8(18)21-9-4-5-17(7-9)12(16-14-2)15-6-10(13)11(19)20-3;/h4-5,9-12,18,22-23,37-38H,3,6-8,13-14H2,2H3,(H,31,35)(H,32,34)(H,33,39);2-3,5-8,15,22H,1,4H2,(H,20,21)(H,23,24);9-10H,4-7,13H2,1,3H3,(H,15,16);1H4/t18-,22-,23?;;9-,10-;/m0.0./s1. The number of carbonyl (C=O) groups excluding carboxylic acids is 4. The van der Waals surface area contributed by atoms with Crippen molar-refractivity contribution >= 4 is 110 Å². The van der Waals surface area contributed by atoms with Crippen LogP contribution in [0.5, 0.6) is 0 Å². The lowest BCUT2D eigenvalue weighted by atomic mass is 9.99. The van der Waals surface area contributed by atoms with Gasteiger partial charge < -0.3 is 55.5 Å². The van der Waals surface area contributed by atoms with Gasteiger partial charge in [0, 0.05) is 43.8 Å². The molecular formula is C57H66Cl4N14O12. The number of ether oxygens (including phenoxy) is 3. The van der Waals surface area contributed by atoms with Crippen molar-refractivity contribution in [3.63, 3.8) is 0 Å². The fourth-order valence-electron chi connectivity index (χ4n) is 9.06. The van der Waals surface area contributed by atoms with Crippen LogP contribution in [0.3, 0.4) is 0 Å². The zero-order valence-electron chi connectivity index (χ0n) is 46.6. The van der Waals surface area contributed by atoms with Crippen molar-refractivity contribution in [2.45, 2.75) is 89.4 Å². The number of aryl methyl sites for hydroxylation is 2. The van der Waals surface area contributed by atoms with E-state index >= 15 is 0 Å². The SMILES string of the molecule is C.O=C(O)c1c(Cl)cc(CCC(O)c2ccc3cn[nH]c3c2)cc1Cl.[C-]#[N+]NC(=NC[C@H](N)C(=O)OC)N1CC[C@H](OC(C)=O)C1.[C-]#[N+]NC(=NC[C@H](NC(=O)c1c(Cl)cc(CCC(O)c2ccc3cn[nH]c3c2)cc1Cl)C(=O)OC)N1CC[C@H](O)C1. The largest absolute Gasteiger partial charge is 0.478 e. The van der Waals surface area contributed by atoms with Gasteiger partial charge in [-0.15, -0.1) is 0 Å². The molecule has 4 aromatic carbocycles. The molecule has 6 atom stereocenters. The van der Waals surface area contributed by atoms with Crippen molar-refractivity contribution in [2.24, 2.45) is 15.7 Å². The highest BCUT2D eigenvalue weighted by atomic mass is 35.5. The number of fused-ring (bicyclic) bond motifs is 2. The molecule has 2 aliphatic heterocycles. The summed E-state index contributed by atoms with van der Waals surface area (Å²) in [7, 11) is 2.42. The summed E-state index contributed by atoms with van der Waals surface area (Å²) in [5, 5.41) is 58.4. The number of hydrogen-bond acceptors (Lipinski definition) is 16. The Morgan fingerprint density at radius 3 is 1.66 bits per heavy atom. The third-order valence-corrected chi connectivity index (χ3v) is 14.7. The molecule has 4 heterocycles. The fraction of sp³-hybridized carbons (Fsp3) is 0.386. The van der Waals surface area contributed by atoms with Gasteiger partial charge in [0.05, 0.1) is 107 Å². The van der Waals surface area contributed by atoms with Crippen LogP contribution in [0.4, 0.5) is 0 Å². The van der Waals surface area contributed by atoms with E-state index < -0.39 is 54.2 Å². The minimum Gasteiger partial charge on any atom is -0.478 e. The van der Waals surface area contributed by atoms with Crippen LogP contribution < -0.4 is 21.9 Å². The van der Waals surface area contributed by atoms with Crippen molar-refractivity contribution in [1.82, 2.24) is 46.4 Å². The number of carbonyl (C=O) groups is 5. The Morgan fingerprint density at radius 1 is 0.736 bits per heavy atom. The van der Waals surface area contributed by atoms with Gasteiger partial charge in [0.15, 0.2) is 0 Å². The number of carboxylic acids is 1. The number of aromatic carboxylic acids is 1. The van der Waals surface area contributed by atoms with Gasteiger partial charge >= 0.3 is 23.9 Å². The van der Waals surface area contributed by atoms with Gasteiger partial charge in [-0.1, -0.05) is 88.9 Å². The average molecular weight is 1280 g/mol. The van der Waals surface area contributed by atoms with Crippen LogP contribution in [0.2, 0.25) is 20.1 Å². The molecule has 0 radical (unpaired) electrons. The van der Waals surface area contributed by atoms with Crippen molar-refractivity contribution < 1.29 is 58.6 Å². The molecule has 0 saturated carbocycles. The first-order chi connectivity index (χ1) is 41.1. The van der Waals surface area contributed by atoms with Crippen LogP contribution in [0.1, 0.15) is 95.2 Å². The van der Waals surface area contributed by atoms with E-state index in [4.69, 9.17) is 79.9 Å². The summed E-state index contributed by atoms with van der Waals surface area (Å²) >= 11 is 24.8. The molecule has 2 aromatic heterocycles. The Morgan fingerprint density at radius 2 is 1.21 bits per heavy atom. The summed E-state index contributed by atoms with van der Waals surface area (Å²) < 4.78 is 14.4. The van der Waals surface area contributed by atoms with Gasteiger partial charge in [-0.05, 0) is 90.8 Å². The first kappa shape index (κ1) is 69.5. The molecule has 8 rings (SSSR count). The van der Waals surface area contributed by atoms with Crippen LogP contribution in [-0.2, 0) is 41.4 Å². The van der Waals surface area contributed by atoms with E-state index in [1.165, 1.54) is 21.1 Å². The molecule has 87 heavy (non-hydrogen) atoms. The molecule has 2 fully saturated rings. The number of benzene rings is 4. The van der Waals surface area contributed by atoms with Crippen LogP contribution in [0, 0.1) is 13.1 Å². The number of likely N-dealkylation sites (tertiary alicyclic amines) is 2. The van der Waals surface area contributed by atoms with Crippen LogP contribution in [-0.4, -0.2) is 170 Å². The quantitative estimate of drug-likeness (QED) is 0.0111. The number of nitrogens with zero attached hydrogens (tertiary/aromatic N) is 8. The third kappa shape index (κ3) is 19.9. The summed E-state index contributed by atoms with van der Waals surface area (Å²) in [6.07, 6.45) is 4.22. The highest BCUT2D eigenvalue weighted by Crippen LogP contribution is 2.31. The molecule has 0 aliphatic carbocycles. The van der Waals surface area contributed by atoms with E-state index in [1.807, 2.05) is 36.4 Å². The average Bonchev–Trinajstić information content (AvgIpc) is 2.99. The number of carboxylic acid groups (broad SMARTS) is 1. The van der Waals surface area contributed by atoms with Gasteiger partial charge in [-0.25, -0.2) is 19.6 Å². The highest BCUT2D eigenvalue weighted by molar-refractivity contribution is 6.40. The topological polar surface area (TPSA) is 353 Å². The number of aliphatic imine (C=N–C) groups is 2. The van der Waals surface area contributed by atoms with E-state index in [9.17, 15) is 39.3 Å². The second kappa shape index (κ2) is 33.6. The number of methoxy groups -OCH3 is 2. The number of rotatable bonds is 18. The van der Waals surface area contributed by atoms with Crippen LogP contribution in [0.25, 0.3) is 31.7 Å². The van der Waals surface area contributed by atoms with Crippen molar-refractivity contribution in [3.05, 3.63) is 150 Å². The number of H-pyrrole nitrogens is 2. The van der Waals surface area contributed by atoms with Gasteiger partial charge in [0.25, 0.3) is 17.8 Å². The van der Waals surface area contributed by atoms with E-state index in [0.29, 0.717) is 64.1 Å². The van der Waals surface area contributed by atoms with Crippen molar-refractivity contribution in [1.29, 1.82) is 0 Å². The first-order valence-electron chi connectivity index (χ1n) is 26.5. The Bertz CT molecular complexity index is 3490. The van der Waals surface area contributed by atoms with Gasteiger partial charge in [-0.3, -0.25) is 24.6 Å². The normalized spacial score (nSPS) is 16.1. The number of aliphatic hydroxyl groups excluding tert-OH is 3. The van der Waals surface area contributed by atoms with E-state index in [2.05, 4.69) is 61.2 Å². The number of esters is 3. The maximum Gasteiger partial charge on any atom is 0.338 e. The predicted octanol–water partition coefficient (Wildman–Crippen LogP) is 6.43. The Labute approximate surface area is 520 Å². The minimum atomic E-state index is -1.20. The molecule has 30 heteroatoms. The summed E-state index contributed by atoms with van der Waals surface area (Å²) in [6.45, 7) is 16.9. The predicted molar refractivity (Wildman–Crippen MR) is 327 cm³/mol. The summed E-state index contributed by atoms with van der Waals surface area (Å²) in [6, 6.07) is 15.4. The molecule has 2 unspecified atom stereocenters. The maximum absolute atomic E-state index is 13.1. The minimum absolute atomic E-state index is 0. The smallest absolute Gasteiger partial charge is 0.338 e. The Kier molecular flexibility index (Phi) is 26.8. The van der Waals surface area contributed by atoms with E-state index in [1.54, 1.807) is 46.5 Å². The molecule has 464 valence electrons. The maximum atomic E-state index is 13.1. The van der Waals surface area contributed by atoms with E-state index in [-0.39, 0.29) is 76.3 Å². The molecule has 26 nitrogen and oxygen atoms in total. The Balaban J connectivity index is 0.000000256. The summed E-state index contributed by atoms with van der Waals surface area (Å²) in [5.74, 6) is -3.06. The third-order valence-electron chi connectivity index (χ3n) is 13.5. The number of nitrogens with two attached hydrogens (primary N) is 1. The molecule has 2 saturated heterocycles. The highest BCUT2D eigenvalue weighted by Gasteiger charge is 2.30. The van der Waals surface area contributed by atoms with Crippen molar-refractivity contribution in [2.75, 3.05) is 53.5 Å². The number of aliphatic hydroxyl groups is 3. The molecule has 6 aromatic rings. The molecule has 11 N–H and O–H groups in total. The van der Waals surface area contributed by atoms with Gasteiger partial charge in [0.1, 0.15) is 18.2 Å². The second-order valence-corrected chi connectivity index (χ2v) is 21.2. The number of β-amino-alcohol motifs (C(OH)–C–C–N with tert-alkyl or cyclic N) is 1. The molecule has 2 aliphatic rings. The second-order valence-electron chi connectivity index (χ2n) is 19.5. The summed E-state index contributed by atoms with van der Waals surface area (Å²) in [4.78, 5) is 76.8. The summed E-state index contributed by atoms with van der Waals surface area (Å²) in [5.41, 5.74) is 15.0. The Hall–Kier alpha value is -8.31. The number of nitrogens with one attached hydrogen (secondary N) is 5. The lowest BCUT2D eigenvalue weighted by Crippen LogP contribution is -2.45. The number of halogens is 4. The number of hydrogen-bond donors (Lipinski definition) is 10. The number of aromatic nitrogens is 4. The molecular weight excluding hydrogens is 1210 g/mol. The zero-order chi connectivity index (χ0) is 62.6. The first-order valence-corrected chi connectivity index (χ1v) is 28.0. The van der Waals surface area contributed by atoms with Crippen LogP contribution in [0.15, 0.2) is 83.0 Å². The lowest BCUT2D eigenvalue weighted by molar-refractivity contribution is -0.145. The van der Waals surface area contributed by atoms with Gasteiger partial charge in [0.2, 0.25) is 0 Å². The molecule has 0 bridgehead atoms. The van der Waals surface area contributed by atoms with E-state index in [0.717, 1.165) is 44.1 Å². The monoisotopic (exact) mass is 1280 g/mol. The fourth-order valence-corrected chi connectivity index (χ4v) is 10.5. The lowest BCUT2D eigenvalue weighted by Gasteiger charge is -2.19. The zero-order valence-corrected chi connectivity index (χ0v) is 49.6.